The van der Waals surface area contributed by atoms with Crippen LogP contribution in [0.2, 0.25) is 0 Å². The van der Waals surface area contributed by atoms with E-state index < -0.39 is 35.1 Å². The summed E-state index contributed by atoms with van der Waals surface area (Å²) < 4.78 is 87.9. The molecule has 0 saturated carbocycles. The van der Waals surface area contributed by atoms with E-state index >= 15 is 0 Å². The third-order valence-corrected chi connectivity index (χ3v) is 4.76. The fourth-order valence-electron chi connectivity index (χ4n) is 2.47. The number of methoxy groups -OCH3 is 1. The first-order valence-electron chi connectivity index (χ1n) is 8.66. The Kier molecular flexibility index (Phi) is 6.67. The molecule has 0 saturated heterocycles. The van der Waals surface area contributed by atoms with E-state index in [-0.39, 0.29) is 22.9 Å². The van der Waals surface area contributed by atoms with Crippen LogP contribution in [0.3, 0.4) is 0 Å². The molecule has 32 heavy (non-hydrogen) atoms. The van der Waals surface area contributed by atoms with Crippen molar-refractivity contribution >= 4 is 23.4 Å². The number of halogens is 6. The number of rotatable bonds is 6. The molecule has 13 heteroatoms. The number of hydrogen-bond acceptors (Lipinski definition) is 6. The Labute approximate surface area is 181 Å². The number of ether oxygens (including phenoxy) is 1. The minimum absolute atomic E-state index is 0.00834. The number of hydrogen-bond donors (Lipinski definition) is 1. The maximum Gasteiger partial charge on any atom is 0.416 e. The Morgan fingerprint density at radius 3 is 2.12 bits per heavy atom. The molecule has 0 radical (unpaired) electrons. The number of nitrogens with one attached hydrogen (secondary N) is 1. The molecule has 3 aromatic rings. The van der Waals surface area contributed by atoms with Crippen LogP contribution in [0.25, 0.3) is 11.5 Å². The number of nitrogens with zero attached hydrogens (tertiary/aromatic N) is 2. The van der Waals surface area contributed by atoms with E-state index in [2.05, 4.69) is 10.2 Å². The Morgan fingerprint density at radius 1 is 1.00 bits per heavy atom. The van der Waals surface area contributed by atoms with Crippen LogP contribution in [-0.4, -0.2) is 29.0 Å². The number of benzene rings is 2. The number of alkyl halides is 6. The van der Waals surface area contributed by atoms with E-state index in [0.717, 1.165) is 11.8 Å². The first kappa shape index (κ1) is 23.4. The molecule has 0 aliphatic carbocycles. The Morgan fingerprint density at radius 2 is 1.59 bits per heavy atom. The quantitative estimate of drug-likeness (QED) is 0.373. The van der Waals surface area contributed by atoms with Crippen molar-refractivity contribution in [1.82, 2.24) is 10.2 Å². The summed E-state index contributed by atoms with van der Waals surface area (Å²) in [6.07, 6.45) is -10.0. The second-order valence-electron chi connectivity index (χ2n) is 6.23. The van der Waals surface area contributed by atoms with E-state index in [0.29, 0.717) is 23.4 Å². The molecule has 170 valence electrons. The number of carbonyl (C=O) groups is 1. The second kappa shape index (κ2) is 9.10. The van der Waals surface area contributed by atoms with Gasteiger partial charge >= 0.3 is 12.4 Å². The van der Waals surface area contributed by atoms with Crippen molar-refractivity contribution in [2.75, 3.05) is 18.2 Å². The van der Waals surface area contributed by atoms with Gasteiger partial charge in [-0.3, -0.25) is 4.79 Å². The monoisotopic (exact) mass is 477 g/mol. The Bertz CT molecular complexity index is 1060. The van der Waals surface area contributed by atoms with Crippen LogP contribution in [0.15, 0.2) is 52.1 Å². The van der Waals surface area contributed by atoms with E-state index in [1.807, 2.05) is 5.32 Å². The SMILES string of the molecule is COc1ccc(-c2nnc(SCC(=O)Nc3cc(C(F)(F)F)cc(C(F)(F)F)c3)o2)cc1. The van der Waals surface area contributed by atoms with Gasteiger partial charge < -0.3 is 14.5 Å². The normalized spacial score (nSPS) is 12.0. The fourth-order valence-corrected chi connectivity index (χ4v) is 3.03. The van der Waals surface area contributed by atoms with Crippen molar-refractivity contribution in [2.45, 2.75) is 17.6 Å². The van der Waals surface area contributed by atoms with Gasteiger partial charge in [-0.25, -0.2) is 0 Å². The molecule has 1 heterocycles. The molecule has 1 amide bonds. The maximum atomic E-state index is 12.9. The van der Waals surface area contributed by atoms with Crippen LogP contribution in [0.5, 0.6) is 5.75 Å². The smallest absolute Gasteiger partial charge is 0.416 e. The van der Waals surface area contributed by atoms with Crippen LogP contribution >= 0.6 is 11.8 Å². The van der Waals surface area contributed by atoms with Gasteiger partial charge in [0.15, 0.2) is 0 Å². The third kappa shape index (κ3) is 5.93. The molecule has 0 spiro atoms. The summed E-state index contributed by atoms with van der Waals surface area (Å²) in [5.74, 6) is -0.473. The topological polar surface area (TPSA) is 77.2 Å². The molecule has 0 aliphatic rings. The fraction of sp³-hybridized carbons (Fsp3) is 0.211. The van der Waals surface area contributed by atoms with Crippen molar-refractivity contribution in [3.63, 3.8) is 0 Å². The van der Waals surface area contributed by atoms with E-state index in [9.17, 15) is 31.1 Å². The van der Waals surface area contributed by atoms with Crippen LogP contribution in [-0.2, 0) is 17.1 Å². The molecule has 6 nitrogen and oxygen atoms in total. The van der Waals surface area contributed by atoms with Crippen LogP contribution in [0.4, 0.5) is 32.0 Å². The number of amides is 1. The number of thioether (sulfide) groups is 1. The van der Waals surface area contributed by atoms with E-state index in [1.54, 1.807) is 24.3 Å². The molecule has 0 bridgehead atoms. The average molecular weight is 477 g/mol. The summed E-state index contributed by atoms with van der Waals surface area (Å²) >= 11 is 0.769. The van der Waals surface area contributed by atoms with Gasteiger partial charge in [0.2, 0.25) is 11.8 Å². The van der Waals surface area contributed by atoms with Crippen molar-refractivity contribution in [3.8, 4) is 17.2 Å². The summed E-state index contributed by atoms with van der Waals surface area (Å²) in [6.45, 7) is 0. The average Bonchev–Trinajstić information content (AvgIpc) is 3.20. The van der Waals surface area contributed by atoms with Gasteiger partial charge in [-0.05, 0) is 42.5 Å². The number of anilines is 1. The molecule has 0 unspecified atom stereocenters. The molecule has 3 rings (SSSR count). The molecule has 0 fully saturated rings. The zero-order valence-electron chi connectivity index (χ0n) is 16.0. The minimum Gasteiger partial charge on any atom is -0.497 e. The van der Waals surface area contributed by atoms with Gasteiger partial charge in [-0.1, -0.05) is 11.8 Å². The lowest BCUT2D eigenvalue weighted by Gasteiger charge is -2.14. The van der Waals surface area contributed by atoms with Crippen molar-refractivity contribution in [3.05, 3.63) is 53.6 Å². The summed E-state index contributed by atoms with van der Waals surface area (Å²) in [5.41, 5.74) is -3.12. The van der Waals surface area contributed by atoms with Gasteiger partial charge in [0.1, 0.15) is 5.75 Å². The Hall–Kier alpha value is -3.22. The zero-order chi connectivity index (χ0) is 23.5. The highest BCUT2D eigenvalue weighted by Crippen LogP contribution is 2.37. The highest BCUT2D eigenvalue weighted by molar-refractivity contribution is 7.99. The molecule has 0 atom stereocenters. The maximum absolute atomic E-state index is 12.9. The summed E-state index contributed by atoms with van der Waals surface area (Å²) in [5, 5.41) is 9.58. The molecular weight excluding hydrogens is 464 g/mol. The molecule has 2 aromatic carbocycles. The highest BCUT2D eigenvalue weighted by Gasteiger charge is 2.37. The lowest BCUT2D eigenvalue weighted by atomic mass is 10.1. The van der Waals surface area contributed by atoms with Gasteiger partial charge in [0.25, 0.3) is 5.22 Å². The standard InChI is InChI=1S/C19H13F6N3O3S/c1-30-14-4-2-10(3-5-14)16-27-28-17(31-16)32-9-15(29)26-13-7-11(18(20,21)22)6-12(8-13)19(23,24)25/h2-8H,9H2,1H3,(H,26,29). The van der Waals surface area contributed by atoms with Gasteiger partial charge in [-0.2, -0.15) is 26.3 Å². The summed E-state index contributed by atoms with van der Waals surface area (Å²) in [7, 11) is 1.50. The van der Waals surface area contributed by atoms with Crippen LogP contribution < -0.4 is 10.1 Å². The first-order valence-corrected chi connectivity index (χ1v) is 9.64. The first-order chi connectivity index (χ1) is 15.0. The third-order valence-electron chi connectivity index (χ3n) is 3.94. The van der Waals surface area contributed by atoms with Gasteiger partial charge in [0.05, 0.1) is 24.0 Å². The minimum atomic E-state index is -5.02. The lowest BCUT2D eigenvalue weighted by Crippen LogP contribution is -2.17. The predicted molar refractivity (Wildman–Crippen MR) is 102 cm³/mol. The van der Waals surface area contributed by atoms with E-state index in [4.69, 9.17) is 9.15 Å². The molecule has 0 aliphatic heterocycles. The predicted octanol–water partition coefficient (Wildman–Crippen LogP) is 5.51. The van der Waals surface area contributed by atoms with Crippen molar-refractivity contribution in [1.29, 1.82) is 0 Å². The largest absolute Gasteiger partial charge is 0.497 e. The summed E-state index contributed by atoms with van der Waals surface area (Å²) in [4.78, 5) is 12.1. The second-order valence-corrected chi connectivity index (χ2v) is 7.16. The molecule has 1 N–H and O–H groups in total. The van der Waals surface area contributed by atoms with Gasteiger partial charge in [0, 0.05) is 11.3 Å². The highest BCUT2D eigenvalue weighted by atomic mass is 32.2. The van der Waals surface area contributed by atoms with Crippen molar-refractivity contribution < 1.29 is 40.3 Å². The van der Waals surface area contributed by atoms with Crippen LogP contribution in [0, 0.1) is 0 Å². The van der Waals surface area contributed by atoms with Crippen LogP contribution in [0.1, 0.15) is 11.1 Å². The number of aromatic nitrogens is 2. The molecular formula is C19H13F6N3O3S. The Balaban J connectivity index is 1.67. The van der Waals surface area contributed by atoms with Crippen molar-refractivity contribution in [2.24, 2.45) is 0 Å². The molecule has 1 aromatic heterocycles. The van der Waals surface area contributed by atoms with E-state index in [1.165, 1.54) is 7.11 Å². The lowest BCUT2D eigenvalue weighted by molar-refractivity contribution is -0.143. The van der Waals surface area contributed by atoms with Gasteiger partial charge in [-0.15, -0.1) is 10.2 Å². The number of carbonyl (C=O) groups excluding carboxylic acids is 1. The summed E-state index contributed by atoms with van der Waals surface area (Å²) in [6, 6.07) is 7.50. The zero-order valence-corrected chi connectivity index (χ0v) is 16.9.